The molecule has 0 heterocycles. The molecule has 2 bridgehead atoms. The standard InChI is InChI=1S/C30H38O4/c1-18(2)30-14-12-29(7,13-15-30)25(33-27(31)23-10-8-19(3)21(5)16-23)26(30)34-28(32)24-11-9-20(4)22(6)17-24/h8-11,16-18,25-26H,12-15H2,1-7H3. The average Bonchev–Trinajstić information content (AvgIpc) is 2.79. The fourth-order valence-corrected chi connectivity index (χ4v) is 5.92. The molecule has 2 atom stereocenters. The van der Waals surface area contributed by atoms with Crippen LogP contribution in [-0.4, -0.2) is 24.1 Å². The van der Waals surface area contributed by atoms with Crippen LogP contribution in [0.4, 0.5) is 0 Å². The first kappa shape index (κ1) is 24.5. The van der Waals surface area contributed by atoms with Crippen LogP contribution in [0.15, 0.2) is 36.4 Å². The molecule has 3 saturated carbocycles. The van der Waals surface area contributed by atoms with E-state index in [0.717, 1.165) is 47.9 Å². The van der Waals surface area contributed by atoms with Crippen molar-refractivity contribution in [2.75, 3.05) is 0 Å². The van der Waals surface area contributed by atoms with Gasteiger partial charge in [-0.2, -0.15) is 0 Å². The fourth-order valence-electron chi connectivity index (χ4n) is 5.92. The number of ether oxygens (including phenoxy) is 2. The quantitative estimate of drug-likeness (QED) is 0.453. The average molecular weight is 463 g/mol. The summed E-state index contributed by atoms with van der Waals surface area (Å²) in [5, 5.41) is 0. The molecule has 4 nitrogen and oxygen atoms in total. The van der Waals surface area contributed by atoms with Gasteiger partial charge in [0.2, 0.25) is 0 Å². The Morgan fingerprint density at radius 3 is 1.59 bits per heavy atom. The van der Waals surface area contributed by atoms with Crippen LogP contribution in [0.2, 0.25) is 0 Å². The Morgan fingerprint density at radius 2 is 1.18 bits per heavy atom. The van der Waals surface area contributed by atoms with Gasteiger partial charge in [0.15, 0.2) is 0 Å². The van der Waals surface area contributed by atoms with Crippen LogP contribution < -0.4 is 0 Å². The van der Waals surface area contributed by atoms with Crippen LogP contribution in [0.25, 0.3) is 0 Å². The number of benzene rings is 2. The van der Waals surface area contributed by atoms with Crippen LogP contribution in [0, 0.1) is 44.4 Å². The highest BCUT2D eigenvalue weighted by atomic mass is 16.6. The van der Waals surface area contributed by atoms with Crippen molar-refractivity contribution in [3.8, 4) is 0 Å². The first-order chi connectivity index (χ1) is 16.0. The largest absolute Gasteiger partial charge is 0.454 e. The van der Waals surface area contributed by atoms with E-state index in [-0.39, 0.29) is 22.8 Å². The Balaban J connectivity index is 1.68. The van der Waals surface area contributed by atoms with E-state index in [2.05, 4.69) is 20.8 Å². The molecule has 0 radical (unpaired) electrons. The lowest BCUT2D eigenvalue weighted by molar-refractivity contribution is -0.210. The van der Waals surface area contributed by atoms with E-state index in [0.29, 0.717) is 17.0 Å². The monoisotopic (exact) mass is 462 g/mol. The predicted molar refractivity (Wildman–Crippen MR) is 134 cm³/mol. The Morgan fingerprint density at radius 1 is 0.735 bits per heavy atom. The third kappa shape index (κ3) is 4.16. The molecule has 0 saturated heterocycles. The van der Waals surface area contributed by atoms with Crippen molar-refractivity contribution >= 4 is 11.9 Å². The van der Waals surface area contributed by atoms with E-state index in [1.54, 1.807) is 0 Å². The van der Waals surface area contributed by atoms with Gasteiger partial charge in [-0.15, -0.1) is 0 Å². The predicted octanol–water partition coefficient (Wildman–Crippen LogP) is 6.91. The molecule has 0 aromatic heterocycles. The van der Waals surface area contributed by atoms with Gasteiger partial charge < -0.3 is 9.47 Å². The molecule has 2 aromatic rings. The number of hydrogen-bond donors (Lipinski definition) is 0. The van der Waals surface area contributed by atoms with E-state index >= 15 is 0 Å². The smallest absolute Gasteiger partial charge is 0.338 e. The molecule has 4 heteroatoms. The topological polar surface area (TPSA) is 52.6 Å². The summed E-state index contributed by atoms with van der Waals surface area (Å²) in [6, 6.07) is 11.3. The highest BCUT2D eigenvalue weighted by Gasteiger charge is 2.63. The van der Waals surface area contributed by atoms with E-state index in [9.17, 15) is 9.59 Å². The molecule has 0 amide bonds. The first-order valence-electron chi connectivity index (χ1n) is 12.5. The van der Waals surface area contributed by atoms with Crippen molar-refractivity contribution in [2.45, 2.75) is 86.4 Å². The van der Waals surface area contributed by atoms with Crippen molar-refractivity contribution < 1.29 is 19.1 Å². The minimum absolute atomic E-state index is 0.193. The second-order valence-electron chi connectivity index (χ2n) is 11.3. The molecule has 5 rings (SSSR count). The van der Waals surface area contributed by atoms with Crippen LogP contribution >= 0.6 is 0 Å². The van der Waals surface area contributed by atoms with Gasteiger partial charge >= 0.3 is 11.9 Å². The fraction of sp³-hybridized carbons (Fsp3) is 0.533. The maximum Gasteiger partial charge on any atom is 0.338 e. The zero-order valence-electron chi connectivity index (χ0n) is 21.7. The third-order valence-corrected chi connectivity index (χ3v) is 8.95. The van der Waals surface area contributed by atoms with Crippen LogP contribution in [-0.2, 0) is 9.47 Å². The van der Waals surface area contributed by atoms with Gasteiger partial charge in [0.1, 0.15) is 12.2 Å². The second-order valence-corrected chi connectivity index (χ2v) is 11.3. The van der Waals surface area contributed by atoms with Crippen molar-refractivity contribution in [1.29, 1.82) is 0 Å². The minimum Gasteiger partial charge on any atom is -0.454 e. The van der Waals surface area contributed by atoms with Crippen molar-refractivity contribution in [3.05, 3.63) is 69.8 Å². The zero-order chi connectivity index (χ0) is 24.8. The van der Waals surface area contributed by atoms with Crippen LogP contribution in [0.5, 0.6) is 0 Å². The van der Waals surface area contributed by atoms with E-state index < -0.39 is 12.2 Å². The molecular formula is C30H38O4. The zero-order valence-corrected chi connectivity index (χ0v) is 21.7. The summed E-state index contributed by atoms with van der Waals surface area (Å²) in [5.74, 6) is -0.373. The molecule has 0 N–H and O–H groups in total. The molecule has 182 valence electrons. The molecule has 0 spiro atoms. The number of fused-ring (bicyclic) bond motifs is 3. The Hall–Kier alpha value is -2.62. The normalized spacial score (nSPS) is 28.1. The number of carbonyl (C=O) groups is 2. The minimum atomic E-state index is -0.470. The van der Waals surface area contributed by atoms with E-state index in [4.69, 9.17) is 9.47 Å². The van der Waals surface area contributed by atoms with Gasteiger partial charge in [0.05, 0.1) is 11.1 Å². The maximum atomic E-state index is 13.3. The van der Waals surface area contributed by atoms with Gasteiger partial charge in [-0.1, -0.05) is 32.9 Å². The number of esters is 2. The second kappa shape index (κ2) is 8.87. The number of aryl methyl sites for hydroxylation is 4. The van der Waals surface area contributed by atoms with Crippen LogP contribution in [0.3, 0.4) is 0 Å². The van der Waals surface area contributed by atoms with Crippen molar-refractivity contribution in [2.24, 2.45) is 16.7 Å². The Bertz CT molecular complexity index is 1100. The molecular weight excluding hydrogens is 424 g/mol. The third-order valence-electron chi connectivity index (χ3n) is 8.95. The summed E-state index contributed by atoms with van der Waals surface area (Å²) in [5.41, 5.74) is 5.09. The van der Waals surface area contributed by atoms with Gasteiger partial charge in [0.25, 0.3) is 0 Å². The lowest BCUT2D eigenvalue weighted by atomic mass is 9.48. The number of rotatable bonds is 5. The Kier molecular flexibility index (Phi) is 6.39. The number of carbonyl (C=O) groups excluding carboxylic acids is 2. The molecule has 3 aliphatic rings. The molecule has 3 aliphatic carbocycles. The molecule has 2 unspecified atom stereocenters. The summed E-state index contributed by atoms with van der Waals surface area (Å²) in [7, 11) is 0. The van der Waals surface area contributed by atoms with Gasteiger partial charge in [-0.05, 0) is 106 Å². The summed E-state index contributed by atoms with van der Waals surface area (Å²) < 4.78 is 12.6. The van der Waals surface area contributed by atoms with Gasteiger partial charge in [-0.3, -0.25) is 0 Å². The van der Waals surface area contributed by atoms with Crippen LogP contribution in [0.1, 0.15) is 89.4 Å². The molecule has 34 heavy (non-hydrogen) atoms. The molecule has 3 fully saturated rings. The first-order valence-corrected chi connectivity index (χ1v) is 12.5. The summed E-state index contributed by atoms with van der Waals surface area (Å²) >= 11 is 0. The molecule has 2 aromatic carbocycles. The highest BCUT2D eigenvalue weighted by Crippen LogP contribution is 2.61. The summed E-state index contributed by atoms with van der Waals surface area (Å²) in [6.45, 7) is 14.6. The van der Waals surface area contributed by atoms with Crippen molar-refractivity contribution in [3.63, 3.8) is 0 Å². The lowest BCUT2D eigenvalue weighted by Gasteiger charge is -2.61. The lowest BCUT2D eigenvalue weighted by Crippen LogP contribution is -2.64. The summed E-state index contributed by atoms with van der Waals surface area (Å²) in [6.07, 6.45) is 2.95. The van der Waals surface area contributed by atoms with Gasteiger partial charge in [0, 0.05) is 10.8 Å². The summed E-state index contributed by atoms with van der Waals surface area (Å²) in [4.78, 5) is 26.6. The van der Waals surface area contributed by atoms with E-state index in [1.807, 2.05) is 64.1 Å². The highest BCUT2D eigenvalue weighted by molar-refractivity contribution is 5.91. The number of hydrogen-bond acceptors (Lipinski definition) is 4. The SMILES string of the molecule is Cc1ccc(C(=O)OC2C(OC(=O)c3ccc(C)c(C)c3)C3(C(C)C)CCC2(C)CC3)cc1C. The van der Waals surface area contributed by atoms with Crippen molar-refractivity contribution in [1.82, 2.24) is 0 Å². The van der Waals surface area contributed by atoms with Gasteiger partial charge in [-0.25, -0.2) is 9.59 Å². The Labute approximate surface area is 204 Å². The maximum absolute atomic E-state index is 13.3. The van der Waals surface area contributed by atoms with E-state index in [1.165, 1.54) is 0 Å². The molecule has 0 aliphatic heterocycles.